The Kier molecular flexibility index (Phi) is 1.87. The fraction of sp³-hybridized carbons (Fsp3) is 0.571. The highest BCUT2D eigenvalue weighted by atomic mass is 32.3. The van der Waals surface area contributed by atoms with Crippen LogP contribution in [0.1, 0.15) is 18.5 Å². The summed E-state index contributed by atoms with van der Waals surface area (Å²) in [5.74, 6) is 0. The van der Waals surface area contributed by atoms with Crippen LogP contribution in [0.5, 0.6) is 0 Å². The molecule has 0 saturated carbocycles. The molecule has 4 nitrogen and oxygen atoms in total. The molecule has 72 valence electrons. The van der Waals surface area contributed by atoms with E-state index in [0.29, 0.717) is 18.7 Å². The normalized spacial score (nSPS) is 17.0. The van der Waals surface area contributed by atoms with Crippen LogP contribution in [0.25, 0.3) is 0 Å². The van der Waals surface area contributed by atoms with Crippen molar-refractivity contribution in [2.24, 2.45) is 0 Å². The lowest BCUT2D eigenvalue weighted by Gasteiger charge is -2.13. The molecule has 0 radical (unpaired) electrons. The molecule has 0 aliphatic carbocycles. The van der Waals surface area contributed by atoms with E-state index in [2.05, 4.69) is 5.10 Å². The molecule has 0 saturated heterocycles. The Balaban J connectivity index is 2.55. The van der Waals surface area contributed by atoms with E-state index in [0.717, 1.165) is 19.0 Å². The number of rotatable bonds is 1. The van der Waals surface area contributed by atoms with Crippen LogP contribution >= 0.6 is 0 Å². The average Bonchev–Trinajstić information content (AvgIpc) is 2.45. The van der Waals surface area contributed by atoms with Gasteiger partial charge in [-0.3, -0.25) is 4.68 Å². The molecule has 1 aromatic heterocycles. The molecule has 0 N–H and O–H groups in total. The molecular weight excluding hydrogens is 195 g/mol. The first-order valence-corrected chi connectivity index (χ1v) is 5.47. The van der Waals surface area contributed by atoms with Gasteiger partial charge < -0.3 is 0 Å². The molecule has 1 aliphatic heterocycles. The monoisotopic (exact) mass is 204 g/mol. The molecular formula is C7H9FN2O2S. The summed E-state index contributed by atoms with van der Waals surface area (Å²) in [5.41, 5.74) is 0.508. The summed E-state index contributed by atoms with van der Waals surface area (Å²) < 4.78 is 35.5. The summed E-state index contributed by atoms with van der Waals surface area (Å²) in [4.78, 5) is -0.257. The van der Waals surface area contributed by atoms with Crippen LogP contribution in [0.4, 0.5) is 3.89 Å². The van der Waals surface area contributed by atoms with Gasteiger partial charge in [0.1, 0.15) is 4.90 Å². The van der Waals surface area contributed by atoms with Gasteiger partial charge in [-0.05, 0) is 19.3 Å². The Morgan fingerprint density at radius 1 is 1.46 bits per heavy atom. The van der Waals surface area contributed by atoms with Gasteiger partial charge in [-0.2, -0.15) is 13.5 Å². The van der Waals surface area contributed by atoms with E-state index in [9.17, 15) is 12.3 Å². The predicted molar refractivity (Wildman–Crippen MR) is 43.5 cm³/mol. The number of aromatic nitrogens is 2. The van der Waals surface area contributed by atoms with E-state index in [1.54, 1.807) is 4.68 Å². The van der Waals surface area contributed by atoms with Crippen molar-refractivity contribution in [2.45, 2.75) is 30.7 Å². The minimum absolute atomic E-state index is 0.257. The molecule has 0 unspecified atom stereocenters. The number of aryl methyl sites for hydroxylation is 1. The largest absolute Gasteiger partial charge is 0.335 e. The second kappa shape index (κ2) is 2.80. The summed E-state index contributed by atoms with van der Waals surface area (Å²) in [5, 5.41) is 3.82. The fourth-order valence-corrected chi connectivity index (χ4v) is 2.26. The van der Waals surface area contributed by atoms with Crippen molar-refractivity contribution < 1.29 is 12.3 Å². The van der Waals surface area contributed by atoms with E-state index in [-0.39, 0.29) is 4.90 Å². The lowest BCUT2D eigenvalue weighted by molar-refractivity contribution is 0.479. The van der Waals surface area contributed by atoms with Crippen LogP contribution < -0.4 is 0 Å². The zero-order valence-corrected chi connectivity index (χ0v) is 7.72. The molecule has 6 heteroatoms. The van der Waals surface area contributed by atoms with Crippen LogP contribution in [-0.4, -0.2) is 18.2 Å². The van der Waals surface area contributed by atoms with E-state index < -0.39 is 10.2 Å². The van der Waals surface area contributed by atoms with Gasteiger partial charge in [0.15, 0.2) is 0 Å². The Morgan fingerprint density at radius 3 is 2.92 bits per heavy atom. The van der Waals surface area contributed by atoms with Crippen molar-refractivity contribution in [1.82, 2.24) is 9.78 Å². The Morgan fingerprint density at radius 2 is 2.23 bits per heavy atom. The van der Waals surface area contributed by atoms with Gasteiger partial charge in [-0.25, -0.2) is 0 Å². The van der Waals surface area contributed by atoms with E-state index >= 15 is 0 Å². The lowest BCUT2D eigenvalue weighted by atomic mass is 10.1. The Hall–Kier alpha value is -0.910. The van der Waals surface area contributed by atoms with Crippen molar-refractivity contribution >= 4 is 10.2 Å². The van der Waals surface area contributed by atoms with Crippen LogP contribution in [0.3, 0.4) is 0 Å². The fourth-order valence-electron chi connectivity index (χ4n) is 1.60. The van der Waals surface area contributed by atoms with Gasteiger partial charge >= 0.3 is 10.2 Å². The molecule has 0 bridgehead atoms. The second-order valence-corrected chi connectivity index (χ2v) is 4.39. The molecule has 2 heterocycles. The zero-order chi connectivity index (χ0) is 9.47. The van der Waals surface area contributed by atoms with Crippen molar-refractivity contribution in [3.63, 3.8) is 0 Å². The lowest BCUT2D eigenvalue weighted by Crippen LogP contribution is -2.12. The third-order valence-electron chi connectivity index (χ3n) is 2.21. The summed E-state index contributed by atoms with van der Waals surface area (Å²) in [6.45, 7) is 0.685. The number of fused-ring (bicyclic) bond motifs is 1. The third-order valence-corrected chi connectivity index (χ3v) is 3.07. The highest BCUT2D eigenvalue weighted by Crippen LogP contribution is 2.23. The summed E-state index contributed by atoms with van der Waals surface area (Å²) in [6, 6.07) is 0. The van der Waals surface area contributed by atoms with Gasteiger partial charge in [-0.1, -0.05) is 0 Å². The number of hydrogen-bond acceptors (Lipinski definition) is 3. The number of nitrogens with zero attached hydrogens (tertiary/aromatic N) is 2. The van der Waals surface area contributed by atoms with Crippen molar-refractivity contribution in [1.29, 1.82) is 0 Å². The zero-order valence-electron chi connectivity index (χ0n) is 6.90. The van der Waals surface area contributed by atoms with Crippen molar-refractivity contribution in [3.8, 4) is 0 Å². The highest BCUT2D eigenvalue weighted by Gasteiger charge is 2.23. The van der Waals surface area contributed by atoms with Gasteiger partial charge in [0.05, 0.1) is 11.9 Å². The first kappa shape index (κ1) is 8.68. The molecule has 0 atom stereocenters. The van der Waals surface area contributed by atoms with Crippen LogP contribution in [-0.2, 0) is 23.2 Å². The molecule has 0 spiro atoms. The molecule has 1 aromatic rings. The minimum atomic E-state index is -4.58. The van der Waals surface area contributed by atoms with E-state index in [4.69, 9.17) is 0 Å². The maximum atomic E-state index is 12.7. The number of halogens is 1. The molecule has 1 aliphatic rings. The highest BCUT2D eigenvalue weighted by molar-refractivity contribution is 7.86. The molecule has 0 amide bonds. The SMILES string of the molecule is O=S(=O)(F)c1cnn2c1CCCC2. The summed E-state index contributed by atoms with van der Waals surface area (Å²) >= 11 is 0. The topological polar surface area (TPSA) is 52.0 Å². The first-order chi connectivity index (χ1) is 6.09. The summed E-state index contributed by atoms with van der Waals surface area (Å²) in [6.07, 6.45) is 3.56. The summed E-state index contributed by atoms with van der Waals surface area (Å²) in [7, 11) is -4.58. The molecule has 13 heavy (non-hydrogen) atoms. The van der Waals surface area contributed by atoms with Crippen LogP contribution in [0.15, 0.2) is 11.1 Å². The maximum absolute atomic E-state index is 12.7. The smallest absolute Gasteiger partial charge is 0.268 e. The van der Waals surface area contributed by atoms with E-state index in [1.165, 1.54) is 0 Å². The second-order valence-electron chi connectivity index (χ2n) is 3.07. The van der Waals surface area contributed by atoms with Crippen molar-refractivity contribution in [2.75, 3.05) is 0 Å². The minimum Gasteiger partial charge on any atom is -0.268 e. The quantitative estimate of drug-likeness (QED) is 0.638. The first-order valence-electron chi connectivity index (χ1n) is 4.08. The molecule has 0 aromatic carbocycles. The van der Waals surface area contributed by atoms with Gasteiger partial charge in [0, 0.05) is 6.54 Å². The van der Waals surface area contributed by atoms with Gasteiger partial charge in [0.25, 0.3) is 0 Å². The predicted octanol–water partition coefficient (Wildman–Crippen LogP) is 0.878. The Labute approximate surface area is 75.6 Å². The standard InChI is InChI=1S/C7H9FN2O2S/c8-13(11,12)7-5-9-10-4-2-1-3-6(7)10/h5H,1-4H2. The third kappa shape index (κ3) is 1.46. The molecule has 2 rings (SSSR count). The Bertz CT molecular complexity index is 424. The van der Waals surface area contributed by atoms with Crippen LogP contribution in [0.2, 0.25) is 0 Å². The maximum Gasteiger partial charge on any atom is 0.335 e. The molecule has 0 fully saturated rings. The number of hydrogen-bond donors (Lipinski definition) is 0. The van der Waals surface area contributed by atoms with Crippen molar-refractivity contribution in [3.05, 3.63) is 11.9 Å². The van der Waals surface area contributed by atoms with E-state index in [1.807, 2.05) is 0 Å². The van der Waals surface area contributed by atoms with Gasteiger partial charge in [-0.15, -0.1) is 3.89 Å². The average molecular weight is 204 g/mol. The van der Waals surface area contributed by atoms with Gasteiger partial charge in [0.2, 0.25) is 0 Å². The van der Waals surface area contributed by atoms with Crippen LogP contribution in [0, 0.1) is 0 Å².